The Hall–Kier alpha value is -1.59. The average molecular weight is 249 g/mol. The Kier molecular flexibility index (Phi) is 4.55. The van der Waals surface area contributed by atoms with E-state index in [4.69, 9.17) is 4.74 Å². The number of piperazine rings is 1. The van der Waals surface area contributed by atoms with Crippen molar-refractivity contribution in [3.05, 3.63) is 29.8 Å². The smallest absolute Gasteiger partial charge is 0.339 e. The molecule has 0 aromatic heterocycles. The first kappa shape index (κ1) is 12.9. The van der Waals surface area contributed by atoms with Gasteiger partial charge in [-0.15, -0.1) is 0 Å². The maximum absolute atomic E-state index is 11.6. The fourth-order valence-corrected chi connectivity index (χ4v) is 1.99. The Balaban J connectivity index is 1.97. The van der Waals surface area contributed by atoms with Crippen LogP contribution >= 0.6 is 0 Å². The zero-order valence-electron chi connectivity index (χ0n) is 10.6. The Labute approximate surface area is 107 Å². The minimum Gasteiger partial charge on any atom is -0.465 e. The summed E-state index contributed by atoms with van der Waals surface area (Å²) in [5, 5.41) is 6.60. The summed E-state index contributed by atoms with van der Waals surface area (Å²) in [7, 11) is 1.40. The highest BCUT2D eigenvalue weighted by Gasteiger charge is 2.13. The predicted octanol–water partition coefficient (Wildman–Crippen LogP) is 0.748. The highest BCUT2D eigenvalue weighted by Crippen LogP contribution is 2.15. The van der Waals surface area contributed by atoms with E-state index >= 15 is 0 Å². The third-order valence-corrected chi connectivity index (χ3v) is 3.04. The molecule has 0 aliphatic carbocycles. The SMILES string of the molecule is COC(=O)c1ccccc1NCN1CCNCC1. The summed E-state index contributed by atoms with van der Waals surface area (Å²) in [6.07, 6.45) is 0. The second-order valence-corrected chi connectivity index (χ2v) is 4.24. The van der Waals surface area contributed by atoms with Crippen LogP contribution in [0.15, 0.2) is 24.3 Å². The van der Waals surface area contributed by atoms with Crippen LogP contribution in [-0.2, 0) is 4.74 Å². The van der Waals surface area contributed by atoms with Crippen LogP contribution in [0.3, 0.4) is 0 Å². The first-order valence-electron chi connectivity index (χ1n) is 6.15. The molecule has 1 saturated heterocycles. The molecule has 0 spiro atoms. The summed E-state index contributed by atoms with van der Waals surface area (Å²) in [6, 6.07) is 7.41. The van der Waals surface area contributed by atoms with Crippen LogP contribution in [0, 0.1) is 0 Å². The molecule has 18 heavy (non-hydrogen) atoms. The Morgan fingerprint density at radius 3 is 2.83 bits per heavy atom. The summed E-state index contributed by atoms with van der Waals surface area (Å²) in [4.78, 5) is 13.9. The van der Waals surface area contributed by atoms with Crippen molar-refractivity contribution in [3.63, 3.8) is 0 Å². The van der Waals surface area contributed by atoms with E-state index in [2.05, 4.69) is 15.5 Å². The molecule has 1 aromatic rings. The van der Waals surface area contributed by atoms with Crippen molar-refractivity contribution in [1.82, 2.24) is 10.2 Å². The number of benzene rings is 1. The molecule has 1 aliphatic heterocycles. The van der Waals surface area contributed by atoms with Crippen molar-refractivity contribution in [1.29, 1.82) is 0 Å². The van der Waals surface area contributed by atoms with Crippen LogP contribution in [0.25, 0.3) is 0 Å². The molecule has 5 heteroatoms. The summed E-state index contributed by atoms with van der Waals surface area (Å²) >= 11 is 0. The van der Waals surface area contributed by atoms with Gasteiger partial charge < -0.3 is 15.4 Å². The van der Waals surface area contributed by atoms with Crippen LogP contribution < -0.4 is 10.6 Å². The minimum absolute atomic E-state index is 0.307. The van der Waals surface area contributed by atoms with E-state index in [0.29, 0.717) is 5.56 Å². The fraction of sp³-hybridized carbons (Fsp3) is 0.462. The maximum Gasteiger partial charge on any atom is 0.339 e. The summed E-state index contributed by atoms with van der Waals surface area (Å²) in [6.45, 7) is 4.82. The van der Waals surface area contributed by atoms with Gasteiger partial charge in [-0.1, -0.05) is 12.1 Å². The first-order chi connectivity index (χ1) is 8.81. The van der Waals surface area contributed by atoms with E-state index in [1.165, 1.54) is 7.11 Å². The number of methoxy groups -OCH3 is 1. The quantitative estimate of drug-likeness (QED) is 0.771. The predicted molar refractivity (Wildman–Crippen MR) is 70.7 cm³/mol. The maximum atomic E-state index is 11.6. The number of carbonyl (C=O) groups is 1. The zero-order valence-corrected chi connectivity index (χ0v) is 10.6. The van der Waals surface area contributed by atoms with Gasteiger partial charge in [-0.3, -0.25) is 4.90 Å². The van der Waals surface area contributed by atoms with Gasteiger partial charge in [0.15, 0.2) is 0 Å². The largest absolute Gasteiger partial charge is 0.465 e. The lowest BCUT2D eigenvalue weighted by atomic mass is 10.2. The summed E-state index contributed by atoms with van der Waals surface area (Å²) in [5.74, 6) is -0.307. The second kappa shape index (κ2) is 6.37. The van der Waals surface area contributed by atoms with Crippen molar-refractivity contribution < 1.29 is 9.53 Å². The lowest BCUT2D eigenvalue weighted by Gasteiger charge is -2.27. The van der Waals surface area contributed by atoms with Crippen LogP contribution in [0.1, 0.15) is 10.4 Å². The highest BCUT2D eigenvalue weighted by molar-refractivity contribution is 5.95. The summed E-state index contributed by atoms with van der Waals surface area (Å²) < 4.78 is 4.77. The number of ether oxygens (including phenoxy) is 1. The summed E-state index contributed by atoms with van der Waals surface area (Å²) in [5.41, 5.74) is 1.40. The van der Waals surface area contributed by atoms with Crippen molar-refractivity contribution in [2.75, 3.05) is 45.3 Å². The minimum atomic E-state index is -0.307. The third kappa shape index (κ3) is 3.21. The number of rotatable bonds is 4. The van der Waals surface area contributed by atoms with Crippen molar-refractivity contribution >= 4 is 11.7 Å². The van der Waals surface area contributed by atoms with Gasteiger partial charge in [0.05, 0.1) is 19.3 Å². The van der Waals surface area contributed by atoms with E-state index in [1.807, 2.05) is 18.2 Å². The van der Waals surface area contributed by atoms with Crippen LogP contribution in [0.5, 0.6) is 0 Å². The molecule has 5 nitrogen and oxygen atoms in total. The molecule has 0 unspecified atom stereocenters. The lowest BCUT2D eigenvalue weighted by molar-refractivity contribution is 0.0601. The van der Waals surface area contributed by atoms with E-state index in [0.717, 1.165) is 38.5 Å². The number of nitrogens with zero attached hydrogens (tertiary/aromatic N) is 1. The highest BCUT2D eigenvalue weighted by atomic mass is 16.5. The molecular formula is C13H19N3O2. The number of carbonyl (C=O) groups excluding carboxylic acids is 1. The van der Waals surface area contributed by atoms with Crippen LogP contribution in [0.2, 0.25) is 0 Å². The van der Waals surface area contributed by atoms with Crippen LogP contribution in [0.4, 0.5) is 5.69 Å². The van der Waals surface area contributed by atoms with Gasteiger partial charge in [-0.25, -0.2) is 4.79 Å². The number of esters is 1. The molecule has 98 valence electrons. The van der Waals surface area contributed by atoms with Crippen LogP contribution in [-0.4, -0.2) is 50.8 Å². The molecule has 1 aromatic carbocycles. The molecule has 0 bridgehead atoms. The first-order valence-corrected chi connectivity index (χ1v) is 6.15. The standard InChI is InChI=1S/C13H19N3O2/c1-18-13(17)11-4-2-3-5-12(11)15-10-16-8-6-14-7-9-16/h2-5,14-15H,6-10H2,1H3. The van der Waals surface area contributed by atoms with Gasteiger partial charge in [-0.05, 0) is 12.1 Å². The molecule has 1 heterocycles. The van der Waals surface area contributed by atoms with Gasteiger partial charge in [0.2, 0.25) is 0 Å². The molecule has 0 atom stereocenters. The Morgan fingerprint density at radius 2 is 2.11 bits per heavy atom. The number of nitrogens with one attached hydrogen (secondary N) is 2. The molecule has 1 fully saturated rings. The topological polar surface area (TPSA) is 53.6 Å². The molecule has 2 rings (SSSR count). The molecular weight excluding hydrogens is 230 g/mol. The molecule has 2 N–H and O–H groups in total. The molecule has 1 aliphatic rings. The lowest BCUT2D eigenvalue weighted by Crippen LogP contribution is -2.45. The van der Waals surface area contributed by atoms with E-state index in [-0.39, 0.29) is 5.97 Å². The average Bonchev–Trinajstić information content (AvgIpc) is 2.45. The van der Waals surface area contributed by atoms with Gasteiger partial charge in [0.1, 0.15) is 0 Å². The Morgan fingerprint density at radius 1 is 1.39 bits per heavy atom. The van der Waals surface area contributed by atoms with E-state index in [9.17, 15) is 4.79 Å². The molecule has 0 saturated carbocycles. The number of hydrogen-bond acceptors (Lipinski definition) is 5. The number of hydrogen-bond donors (Lipinski definition) is 2. The van der Waals surface area contributed by atoms with Gasteiger partial charge in [0, 0.05) is 31.9 Å². The normalized spacial score (nSPS) is 16.3. The van der Waals surface area contributed by atoms with Gasteiger partial charge >= 0.3 is 5.97 Å². The van der Waals surface area contributed by atoms with E-state index in [1.54, 1.807) is 6.07 Å². The zero-order chi connectivity index (χ0) is 12.8. The second-order valence-electron chi connectivity index (χ2n) is 4.24. The molecule has 0 amide bonds. The number of para-hydroxylation sites is 1. The molecule has 0 radical (unpaired) electrons. The Bertz CT molecular complexity index is 403. The number of anilines is 1. The van der Waals surface area contributed by atoms with Crippen molar-refractivity contribution in [2.45, 2.75) is 0 Å². The third-order valence-electron chi connectivity index (χ3n) is 3.04. The van der Waals surface area contributed by atoms with E-state index < -0.39 is 0 Å². The van der Waals surface area contributed by atoms with Crippen molar-refractivity contribution in [3.8, 4) is 0 Å². The fourth-order valence-electron chi connectivity index (χ4n) is 1.99. The van der Waals surface area contributed by atoms with Gasteiger partial charge in [-0.2, -0.15) is 0 Å². The van der Waals surface area contributed by atoms with Crippen molar-refractivity contribution in [2.24, 2.45) is 0 Å². The van der Waals surface area contributed by atoms with Gasteiger partial charge in [0.25, 0.3) is 0 Å². The monoisotopic (exact) mass is 249 g/mol.